The van der Waals surface area contributed by atoms with Gasteiger partial charge < -0.3 is 9.47 Å². The highest BCUT2D eigenvalue weighted by molar-refractivity contribution is 9.10. The molecule has 3 aromatic carbocycles. The second kappa shape index (κ2) is 11.9. The highest BCUT2D eigenvalue weighted by Gasteiger charge is 2.09. The van der Waals surface area contributed by atoms with Crippen LogP contribution in [0.5, 0.6) is 11.5 Å². The number of halogens is 3. The fourth-order valence-corrected chi connectivity index (χ4v) is 3.52. The molecule has 0 bridgehead atoms. The molecule has 1 amide bonds. The van der Waals surface area contributed by atoms with Crippen molar-refractivity contribution in [3.63, 3.8) is 0 Å². The molecule has 5 nitrogen and oxygen atoms in total. The Kier molecular flexibility index (Phi) is 8.97. The Morgan fingerprint density at radius 1 is 1.03 bits per heavy atom. The molecule has 0 saturated heterocycles. The summed E-state index contributed by atoms with van der Waals surface area (Å²) in [5, 5.41) is 5.15. The van der Waals surface area contributed by atoms with Crippen LogP contribution >= 0.6 is 39.1 Å². The van der Waals surface area contributed by atoms with Crippen molar-refractivity contribution in [3.8, 4) is 11.5 Å². The Bertz CT molecular complexity index is 1100. The van der Waals surface area contributed by atoms with Gasteiger partial charge in [0.25, 0.3) is 0 Å². The second-order valence-corrected chi connectivity index (χ2v) is 8.52. The van der Waals surface area contributed by atoms with Crippen molar-refractivity contribution in [3.05, 3.63) is 91.9 Å². The Hall–Kier alpha value is -2.54. The van der Waals surface area contributed by atoms with Gasteiger partial charge in [-0.2, -0.15) is 5.10 Å². The van der Waals surface area contributed by atoms with Gasteiger partial charge in [0.15, 0.2) is 11.5 Å². The molecule has 0 aliphatic heterocycles. The number of carbonyl (C=O) groups excluding carboxylic acids is 1. The average Bonchev–Trinajstić information content (AvgIpc) is 2.76. The van der Waals surface area contributed by atoms with Crippen LogP contribution in [0.4, 0.5) is 0 Å². The predicted molar refractivity (Wildman–Crippen MR) is 132 cm³/mol. The van der Waals surface area contributed by atoms with E-state index in [0.717, 1.165) is 21.2 Å². The number of rotatable bonds is 9. The molecule has 0 spiro atoms. The number of hydrogen-bond donors (Lipinski definition) is 1. The first-order valence-corrected chi connectivity index (χ1v) is 11.4. The van der Waals surface area contributed by atoms with Crippen molar-refractivity contribution in [1.82, 2.24) is 5.43 Å². The topological polar surface area (TPSA) is 59.9 Å². The van der Waals surface area contributed by atoms with Crippen LogP contribution in [0.2, 0.25) is 10.0 Å². The zero-order valence-electron chi connectivity index (χ0n) is 17.3. The summed E-state index contributed by atoms with van der Waals surface area (Å²) in [5.74, 6) is 0.949. The van der Waals surface area contributed by atoms with Gasteiger partial charge in [0.2, 0.25) is 5.91 Å². The number of ether oxygens (including phenoxy) is 2. The number of amides is 1. The Morgan fingerprint density at radius 2 is 1.81 bits per heavy atom. The average molecular weight is 536 g/mol. The molecular formula is C24H21BrCl2N2O3. The first kappa shape index (κ1) is 24.1. The third-order valence-corrected chi connectivity index (χ3v) is 5.46. The largest absolute Gasteiger partial charge is 0.490 e. The third kappa shape index (κ3) is 7.26. The van der Waals surface area contributed by atoms with E-state index < -0.39 is 0 Å². The minimum Gasteiger partial charge on any atom is -0.490 e. The number of nitrogens with zero attached hydrogens (tertiary/aromatic N) is 1. The number of carbonyl (C=O) groups is 1. The van der Waals surface area contributed by atoms with Crippen molar-refractivity contribution < 1.29 is 14.3 Å². The molecular weight excluding hydrogens is 515 g/mol. The fraction of sp³-hybridized carbons (Fsp3) is 0.167. The van der Waals surface area contributed by atoms with E-state index in [1.54, 1.807) is 30.5 Å². The van der Waals surface area contributed by atoms with Crippen molar-refractivity contribution in [2.24, 2.45) is 5.10 Å². The maximum Gasteiger partial charge on any atom is 0.244 e. The standard InChI is InChI=1S/C24H21BrCl2N2O3/c1-2-31-23-11-17(14-28-29-24(30)12-16-3-7-19(25)8-4-16)5-10-22(23)32-15-18-6-9-20(26)13-21(18)27/h3-11,13-14H,2,12,15H2,1H3,(H,29,30)/b28-14+. The van der Waals surface area contributed by atoms with E-state index in [2.05, 4.69) is 26.5 Å². The molecule has 0 aliphatic carbocycles. The van der Waals surface area contributed by atoms with Gasteiger partial charge in [0.05, 0.1) is 19.2 Å². The van der Waals surface area contributed by atoms with Crippen molar-refractivity contribution >= 4 is 51.3 Å². The highest BCUT2D eigenvalue weighted by Crippen LogP contribution is 2.30. The smallest absolute Gasteiger partial charge is 0.244 e. The van der Waals surface area contributed by atoms with E-state index in [-0.39, 0.29) is 18.9 Å². The Balaban J connectivity index is 1.61. The highest BCUT2D eigenvalue weighted by atomic mass is 79.9. The molecule has 0 unspecified atom stereocenters. The molecule has 0 aliphatic rings. The lowest BCUT2D eigenvalue weighted by atomic mass is 10.1. The molecule has 8 heteroatoms. The maximum atomic E-state index is 12.1. The van der Waals surface area contributed by atoms with E-state index in [4.69, 9.17) is 32.7 Å². The molecule has 1 N–H and O–H groups in total. The molecule has 0 radical (unpaired) electrons. The van der Waals surface area contributed by atoms with Crippen LogP contribution in [-0.2, 0) is 17.8 Å². The second-order valence-electron chi connectivity index (χ2n) is 6.76. The van der Waals surface area contributed by atoms with E-state index in [9.17, 15) is 4.79 Å². The molecule has 166 valence electrons. The zero-order valence-corrected chi connectivity index (χ0v) is 20.4. The first-order valence-electron chi connectivity index (χ1n) is 9.84. The summed E-state index contributed by atoms with van der Waals surface area (Å²) in [6, 6.07) is 18.2. The Morgan fingerprint density at radius 3 is 2.53 bits per heavy atom. The van der Waals surface area contributed by atoms with Gasteiger partial charge in [-0.1, -0.05) is 57.3 Å². The quantitative estimate of drug-likeness (QED) is 0.254. The fourth-order valence-electron chi connectivity index (χ4n) is 2.79. The van der Waals surface area contributed by atoms with Gasteiger partial charge in [0.1, 0.15) is 6.61 Å². The summed E-state index contributed by atoms with van der Waals surface area (Å²) >= 11 is 15.5. The number of nitrogens with one attached hydrogen (secondary N) is 1. The molecule has 0 fully saturated rings. The van der Waals surface area contributed by atoms with E-state index in [1.165, 1.54) is 0 Å². The monoisotopic (exact) mass is 534 g/mol. The molecule has 3 rings (SSSR count). The molecule has 3 aromatic rings. The third-order valence-electron chi connectivity index (χ3n) is 4.35. The number of hydrazone groups is 1. The Labute approximate surface area is 205 Å². The number of benzene rings is 3. The van der Waals surface area contributed by atoms with E-state index in [1.807, 2.05) is 43.3 Å². The van der Waals surface area contributed by atoms with Crippen LogP contribution in [0.15, 0.2) is 70.2 Å². The predicted octanol–water partition coefficient (Wildman–Crippen LogP) is 6.43. The summed E-state index contributed by atoms with van der Waals surface area (Å²) < 4.78 is 12.6. The number of hydrogen-bond acceptors (Lipinski definition) is 4. The minimum atomic E-state index is -0.201. The summed E-state index contributed by atoms with van der Waals surface area (Å²) in [4.78, 5) is 12.1. The summed E-state index contributed by atoms with van der Waals surface area (Å²) in [6.45, 7) is 2.64. The van der Waals surface area contributed by atoms with Gasteiger partial charge in [-0.15, -0.1) is 0 Å². The first-order chi connectivity index (χ1) is 15.4. The van der Waals surface area contributed by atoms with Crippen LogP contribution in [0.3, 0.4) is 0 Å². The summed E-state index contributed by atoms with van der Waals surface area (Å²) in [5.41, 5.74) is 5.02. The van der Waals surface area contributed by atoms with Crippen LogP contribution in [0, 0.1) is 0 Å². The van der Waals surface area contributed by atoms with Crippen LogP contribution in [-0.4, -0.2) is 18.7 Å². The maximum absolute atomic E-state index is 12.1. The van der Waals surface area contributed by atoms with Gasteiger partial charge >= 0.3 is 0 Å². The lowest BCUT2D eigenvalue weighted by Crippen LogP contribution is -2.19. The van der Waals surface area contributed by atoms with E-state index >= 15 is 0 Å². The van der Waals surface area contributed by atoms with Crippen LogP contribution in [0.25, 0.3) is 0 Å². The summed E-state index contributed by atoms with van der Waals surface area (Å²) in [6.07, 6.45) is 1.80. The van der Waals surface area contributed by atoms with Gasteiger partial charge in [-0.25, -0.2) is 5.43 Å². The molecule has 0 atom stereocenters. The zero-order chi connectivity index (χ0) is 22.9. The summed E-state index contributed by atoms with van der Waals surface area (Å²) in [7, 11) is 0. The van der Waals surface area contributed by atoms with Crippen molar-refractivity contribution in [1.29, 1.82) is 0 Å². The lowest BCUT2D eigenvalue weighted by molar-refractivity contribution is -0.120. The minimum absolute atomic E-state index is 0.201. The van der Waals surface area contributed by atoms with Crippen molar-refractivity contribution in [2.75, 3.05) is 6.61 Å². The van der Waals surface area contributed by atoms with Crippen molar-refractivity contribution in [2.45, 2.75) is 20.0 Å². The van der Waals surface area contributed by atoms with Crippen LogP contribution < -0.4 is 14.9 Å². The van der Waals surface area contributed by atoms with Gasteiger partial charge in [-0.3, -0.25) is 4.79 Å². The lowest BCUT2D eigenvalue weighted by Gasteiger charge is -2.13. The molecule has 0 saturated carbocycles. The normalized spacial score (nSPS) is 10.9. The van der Waals surface area contributed by atoms with E-state index in [0.29, 0.717) is 28.2 Å². The molecule has 0 heterocycles. The van der Waals surface area contributed by atoms with Crippen LogP contribution in [0.1, 0.15) is 23.6 Å². The molecule has 32 heavy (non-hydrogen) atoms. The van der Waals surface area contributed by atoms with Gasteiger partial charge in [0, 0.05) is 20.1 Å². The van der Waals surface area contributed by atoms with Gasteiger partial charge in [-0.05, 0) is 60.5 Å². The molecule has 0 aromatic heterocycles. The SMILES string of the molecule is CCOc1cc(/C=N/NC(=O)Cc2ccc(Br)cc2)ccc1OCc1ccc(Cl)cc1Cl.